The number of ether oxygens (including phenoxy) is 4. The molecule has 1 aliphatic heterocycles. The fraction of sp³-hybridized carbons (Fsp3) is 0.684. The average molecular weight is 335 g/mol. The Balaban J connectivity index is 1.59. The van der Waals surface area contributed by atoms with Crippen molar-refractivity contribution in [3.8, 4) is 11.5 Å². The summed E-state index contributed by atoms with van der Waals surface area (Å²) in [7, 11) is 5.34. The number of rotatable bonds is 7. The molecule has 24 heavy (non-hydrogen) atoms. The normalized spacial score (nSPS) is 30.1. The molecule has 134 valence electrons. The molecule has 1 aromatic carbocycles. The van der Waals surface area contributed by atoms with Crippen LogP contribution in [-0.4, -0.2) is 63.7 Å². The van der Waals surface area contributed by atoms with Crippen molar-refractivity contribution >= 4 is 0 Å². The molecule has 2 fully saturated rings. The average Bonchev–Trinajstić information content (AvgIpc) is 3.00. The van der Waals surface area contributed by atoms with Gasteiger partial charge >= 0.3 is 0 Å². The van der Waals surface area contributed by atoms with E-state index in [2.05, 4.69) is 4.90 Å². The lowest BCUT2D eigenvalue weighted by molar-refractivity contribution is -0.0944. The van der Waals surface area contributed by atoms with E-state index in [1.54, 1.807) is 7.11 Å². The highest BCUT2D eigenvalue weighted by Crippen LogP contribution is 2.42. The fourth-order valence-electron chi connectivity index (χ4n) is 4.25. The molecular formula is C19H29NO4. The first-order valence-corrected chi connectivity index (χ1v) is 8.80. The molecule has 0 unspecified atom stereocenters. The monoisotopic (exact) mass is 335 g/mol. The molecule has 1 saturated heterocycles. The van der Waals surface area contributed by atoms with E-state index in [1.807, 2.05) is 38.5 Å². The van der Waals surface area contributed by atoms with Crippen LogP contribution in [0.5, 0.6) is 11.5 Å². The van der Waals surface area contributed by atoms with Crippen LogP contribution < -0.4 is 9.47 Å². The van der Waals surface area contributed by atoms with Crippen molar-refractivity contribution in [2.75, 3.05) is 41.0 Å². The molecule has 0 amide bonds. The Morgan fingerprint density at radius 2 is 1.92 bits per heavy atom. The SMILES string of the molecule is COc1ccccc1OCCN1CC[C@]2(OC)CC[C@H](OC)C[C@H]12. The minimum atomic E-state index is -0.000529. The highest BCUT2D eigenvalue weighted by atomic mass is 16.5. The Morgan fingerprint density at radius 1 is 1.12 bits per heavy atom. The zero-order valence-corrected chi connectivity index (χ0v) is 15.0. The molecule has 5 nitrogen and oxygen atoms in total. The summed E-state index contributed by atoms with van der Waals surface area (Å²) in [6.07, 6.45) is 4.65. The Bertz CT molecular complexity index is 538. The van der Waals surface area contributed by atoms with Gasteiger partial charge in [-0.15, -0.1) is 0 Å². The molecule has 1 heterocycles. The van der Waals surface area contributed by atoms with Crippen LogP contribution in [0.3, 0.4) is 0 Å². The summed E-state index contributed by atoms with van der Waals surface area (Å²) in [5.74, 6) is 1.58. The molecule has 5 heteroatoms. The second-order valence-corrected chi connectivity index (χ2v) is 6.70. The molecule has 1 aromatic rings. The molecule has 3 atom stereocenters. The van der Waals surface area contributed by atoms with Crippen LogP contribution in [0, 0.1) is 0 Å². The minimum absolute atomic E-state index is 0.000529. The third kappa shape index (κ3) is 3.39. The largest absolute Gasteiger partial charge is 0.493 e. The molecule has 1 saturated carbocycles. The Hall–Kier alpha value is -1.30. The van der Waals surface area contributed by atoms with Gasteiger partial charge in [-0.05, 0) is 37.8 Å². The summed E-state index contributed by atoms with van der Waals surface area (Å²) in [5.41, 5.74) is -0.000529. The predicted octanol–water partition coefficient (Wildman–Crippen LogP) is 2.73. The second kappa shape index (κ2) is 7.72. The topological polar surface area (TPSA) is 40.2 Å². The van der Waals surface area contributed by atoms with Gasteiger partial charge in [0.25, 0.3) is 0 Å². The van der Waals surface area contributed by atoms with Gasteiger partial charge < -0.3 is 18.9 Å². The molecule has 1 aliphatic carbocycles. The molecule has 2 aliphatic rings. The lowest BCUT2D eigenvalue weighted by atomic mass is 9.79. The number of nitrogens with zero attached hydrogens (tertiary/aromatic N) is 1. The number of methoxy groups -OCH3 is 3. The van der Waals surface area contributed by atoms with Crippen molar-refractivity contribution in [1.29, 1.82) is 0 Å². The first-order valence-electron chi connectivity index (χ1n) is 8.80. The van der Waals surface area contributed by atoms with Gasteiger partial charge in [-0.25, -0.2) is 0 Å². The van der Waals surface area contributed by atoms with Gasteiger partial charge in [0.1, 0.15) is 6.61 Å². The van der Waals surface area contributed by atoms with Gasteiger partial charge in [-0.2, -0.15) is 0 Å². The van der Waals surface area contributed by atoms with Crippen LogP contribution in [0.25, 0.3) is 0 Å². The predicted molar refractivity (Wildman–Crippen MR) is 92.9 cm³/mol. The van der Waals surface area contributed by atoms with Gasteiger partial charge in [0.05, 0.1) is 18.8 Å². The standard InChI is InChI=1S/C19H29NO4/c1-21-15-8-9-19(23-3)10-11-20(18(19)14-15)12-13-24-17-7-5-4-6-16(17)22-2/h4-7,15,18H,8-14H2,1-3H3/t15-,18-,19+/m0/s1. The Labute approximate surface area is 144 Å². The van der Waals surface area contributed by atoms with Crippen LogP contribution in [0.15, 0.2) is 24.3 Å². The Morgan fingerprint density at radius 3 is 2.62 bits per heavy atom. The quantitative estimate of drug-likeness (QED) is 0.766. The summed E-state index contributed by atoms with van der Waals surface area (Å²) in [6.45, 7) is 2.60. The van der Waals surface area contributed by atoms with Gasteiger partial charge in [0.15, 0.2) is 11.5 Å². The van der Waals surface area contributed by atoms with Crippen LogP contribution >= 0.6 is 0 Å². The zero-order valence-electron chi connectivity index (χ0n) is 15.0. The number of fused-ring (bicyclic) bond motifs is 1. The van der Waals surface area contributed by atoms with E-state index in [0.717, 1.165) is 50.3 Å². The van der Waals surface area contributed by atoms with Crippen LogP contribution in [0.4, 0.5) is 0 Å². The third-order valence-corrected chi connectivity index (χ3v) is 5.69. The summed E-state index contributed by atoms with van der Waals surface area (Å²) in [6, 6.07) is 8.21. The summed E-state index contributed by atoms with van der Waals surface area (Å²) >= 11 is 0. The van der Waals surface area contributed by atoms with Crippen LogP contribution in [0.2, 0.25) is 0 Å². The molecule has 0 N–H and O–H groups in total. The van der Waals surface area contributed by atoms with Gasteiger partial charge in [-0.1, -0.05) is 12.1 Å². The van der Waals surface area contributed by atoms with Crippen molar-refractivity contribution < 1.29 is 18.9 Å². The molecule has 0 bridgehead atoms. The molecular weight excluding hydrogens is 306 g/mol. The van der Waals surface area contributed by atoms with Crippen LogP contribution in [0.1, 0.15) is 25.7 Å². The maximum Gasteiger partial charge on any atom is 0.161 e. The Kier molecular flexibility index (Phi) is 5.64. The van der Waals surface area contributed by atoms with Gasteiger partial charge in [0.2, 0.25) is 0 Å². The van der Waals surface area contributed by atoms with Gasteiger partial charge in [-0.3, -0.25) is 4.90 Å². The minimum Gasteiger partial charge on any atom is -0.493 e. The highest BCUT2D eigenvalue weighted by molar-refractivity contribution is 5.39. The number of benzene rings is 1. The van der Waals surface area contributed by atoms with E-state index in [1.165, 1.54) is 0 Å². The lowest BCUT2D eigenvalue weighted by Crippen LogP contribution is -2.52. The summed E-state index contributed by atoms with van der Waals surface area (Å²) < 4.78 is 22.9. The van der Waals surface area contributed by atoms with Crippen molar-refractivity contribution in [3.05, 3.63) is 24.3 Å². The maximum atomic E-state index is 5.97. The van der Waals surface area contributed by atoms with E-state index >= 15 is 0 Å². The summed E-state index contributed by atoms with van der Waals surface area (Å²) in [4.78, 5) is 2.50. The van der Waals surface area contributed by atoms with Crippen LogP contribution in [-0.2, 0) is 9.47 Å². The van der Waals surface area contributed by atoms with Crippen molar-refractivity contribution in [1.82, 2.24) is 4.90 Å². The number of hydrogen-bond acceptors (Lipinski definition) is 5. The van der Waals surface area contributed by atoms with E-state index in [0.29, 0.717) is 18.8 Å². The molecule has 3 rings (SSSR count). The fourth-order valence-corrected chi connectivity index (χ4v) is 4.25. The van der Waals surface area contributed by atoms with E-state index in [4.69, 9.17) is 18.9 Å². The molecule has 0 aromatic heterocycles. The first-order chi connectivity index (χ1) is 11.7. The van der Waals surface area contributed by atoms with E-state index in [9.17, 15) is 0 Å². The maximum absolute atomic E-state index is 5.97. The third-order valence-electron chi connectivity index (χ3n) is 5.69. The summed E-state index contributed by atoms with van der Waals surface area (Å²) in [5, 5.41) is 0. The lowest BCUT2D eigenvalue weighted by Gasteiger charge is -2.43. The number of para-hydroxylation sites is 2. The molecule has 0 spiro atoms. The number of likely N-dealkylation sites (tertiary alicyclic amines) is 1. The smallest absolute Gasteiger partial charge is 0.161 e. The number of hydrogen-bond donors (Lipinski definition) is 0. The zero-order chi connectivity index (χ0) is 17.0. The van der Waals surface area contributed by atoms with E-state index in [-0.39, 0.29) is 5.60 Å². The van der Waals surface area contributed by atoms with E-state index < -0.39 is 0 Å². The molecule has 0 radical (unpaired) electrons. The first kappa shape index (κ1) is 17.5. The van der Waals surface area contributed by atoms with Gasteiger partial charge in [0, 0.05) is 33.4 Å². The van der Waals surface area contributed by atoms with Crippen molar-refractivity contribution in [2.24, 2.45) is 0 Å². The van der Waals surface area contributed by atoms with Crippen molar-refractivity contribution in [2.45, 2.75) is 43.4 Å². The highest BCUT2D eigenvalue weighted by Gasteiger charge is 2.50. The second-order valence-electron chi connectivity index (χ2n) is 6.70. The van der Waals surface area contributed by atoms with Crippen molar-refractivity contribution in [3.63, 3.8) is 0 Å².